The third-order valence-electron chi connectivity index (χ3n) is 3.52. The molecule has 0 aliphatic rings. The molecule has 21 heavy (non-hydrogen) atoms. The summed E-state index contributed by atoms with van der Waals surface area (Å²) in [5.41, 5.74) is 3.55. The second-order valence-electron chi connectivity index (χ2n) is 4.96. The van der Waals surface area contributed by atoms with Crippen molar-refractivity contribution >= 4 is 5.97 Å². The van der Waals surface area contributed by atoms with Crippen LogP contribution in [0.1, 0.15) is 29.4 Å². The van der Waals surface area contributed by atoms with Gasteiger partial charge in [0.05, 0.1) is 6.61 Å². The van der Waals surface area contributed by atoms with Crippen LogP contribution in [0, 0.1) is 0 Å². The van der Waals surface area contributed by atoms with Gasteiger partial charge in [-0.2, -0.15) is 0 Å². The lowest BCUT2D eigenvalue weighted by Gasteiger charge is -2.14. The number of aromatic carboxylic acids is 1. The molecular formula is C17H21NO3. The quantitative estimate of drug-likeness (QED) is 0.848. The number of carbonyl (C=O) groups is 1. The van der Waals surface area contributed by atoms with E-state index in [1.54, 1.807) is 13.2 Å². The summed E-state index contributed by atoms with van der Waals surface area (Å²) in [6.45, 7) is 3.39. The molecular weight excluding hydrogens is 266 g/mol. The maximum atomic E-state index is 11.4. The van der Waals surface area contributed by atoms with Gasteiger partial charge in [0.15, 0.2) is 0 Å². The van der Waals surface area contributed by atoms with Crippen LogP contribution in [-0.4, -0.2) is 29.4 Å². The minimum absolute atomic E-state index is 0.341. The van der Waals surface area contributed by atoms with Crippen LogP contribution in [0.4, 0.5) is 0 Å². The summed E-state index contributed by atoms with van der Waals surface area (Å²) >= 11 is 0. The van der Waals surface area contributed by atoms with Gasteiger partial charge in [0, 0.05) is 24.9 Å². The molecule has 0 bridgehead atoms. The Balaban J connectivity index is 2.48. The van der Waals surface area contributed by atoms with Crippen molar-refractivity contribution < 1.29 is 14.6 Å². The molecule has 2 rings (SSSR count). The highest BCUT2D eigenvalue weighted by atomic mass is 16.5. The van der Waals surface area contributed by atoms with E-state index >= 15 is 0 Å². The van der Waals surface area contributed by atoms with Crippen molar-refractivity contribution in [1.82, 2.24) is 4.57 Å². The molecule has 0 radical (unpaired) electrons. The molecule has 2 aromatic rings. The zero-order valence-electron chi connectivity index (χ0n) is 12.5. The average molecular weight is 287 g/mol. The number of benzene rings is 1. The molecule has 0 amide bonds. The summed E-state index contributed by atoms with van der Waals surface area (Å²) in [6.07, 6.45) is 1.70. The largest absolute Gasteiger partial charge is 0.477 e. The second kappa shape index (κ2) is 7.09. The van der Waals surface area contributed by atoms with Gasteiger partial charge in [0.1, 0.15) is 5.69 Å². The Kier molecular flexibility index (Phi) is 5.17. The minimum Gasteiger partial charge on any atom is -0.477 e. The van der Waals surface area contributed by atoms with Gasteiger partial charge in [-0.1, -0.05) is 31.2 Å². The Labute approximate surface area is 125 Å². The molecule has 1 N–H and O–H groups in total. The Morgan fingerprint density at radius 1 is 1.24 bits per heavy atom. The standard InChI is InChI=1S/C17H21NO3/c1-3-11-18-15(8-9-16(18)17(19)20)14-7-5-4-6-13(14)10-12-21-2/h4-9H,3,10-12H2,1-2H3,(H,19,20). The van der Waals surface area contributed by atoms with Crippen molar-refractivity contribution in [2.45, 2.75) is 26.3 Å². The topological polar surface area (TPSA) is 51.5 Å². The number of hydrogen-bond donors (Lipinski definition) is 1. The van der Waals surface area contributed by atoms with Gasteiger partial charge in [0.25, 0.3) is 0 Å². The summed E-state index contributed by atoms with van der Waals surface area (Å²) in [7, 11) is 1.69. The number of carboxylic acids is 1. The third kappa shape index (κ3) is 3.34. The molecule has 1 aromatic carbocycles. The fraction of sp³-hybridized carbons (Fsp3) is 0.353. The molecule has 1 heterocycles. The molecule has 0 aliphatic carbocycles. The molecule has 0 saturated carbocycles. The number of ether oxygens (including phenoxy) is 1. The van der Waals surface area contributed by atoms with Crippen LogP contribution in [0.3, 0.4) is 0 Å². The minimum atomic E-state index is -0.885. The fourth-order valence-electron chi connectivity index (χ4n) is 2.55. The van der Waals surface area contributed by atoms with E-state index in [1.807, 2.05) is 35.8 Å². The van der Waals surface area contributed by atoms with Crippen LogP contribution in [0.25, 0.3) is 11.3 Å². The highest BCUT2D eigenvalue weighted by Crippen LogP contribution is 2.27. The van der Waals surface area contributed by atoms with Gasteiger partial charge < -0.3 is 14.4 Å². The Morgan fingerprint density at radius 2 is 2.00 bits per heavy atom. The Morgan fingerprint density at radius 3 is 2.67 bits per heavy atom. The highest BCUT2D eigenvalue weighted by Gasteiger charge is 2.16. The van der Waals surface area contributed by atoms with Crippen molar-refractivity contribution in [3.8, 4) is 11.3 Å². The van der Waals surface area contributed by atoms with Crippen molar-refractivity contribution in [2.24, 2.45) is 0 Å². The van der Waals surface area contributed by atoms with Crippen LogP contribution in [0.15, 0.2) is 36.4 Å². The van der Waals surface area contributed by atoms with E-state index in [4.69, 9.17) is 4.74 Å². The normalized spacial score (nSPS) is 10.8. The lowest BCUT2D eigenvalue weighted by molar-refractivity contribution is 0.0685. The zero-order valence-corrected chi connectivity index (χ0v) is 12.5. The lowest BCUT2D eigenvalue weighted by atomic mass is 10.0. The molecule has 0 spiro atoms. The number of nitrogens with zero attached hydrogens (tertiary/aromatic N) is 1. The predicted molar refractivity (Wildman–Crippen MR) is 82.7 cm³/mol. The second-order valence-corrected chi connectivity index (χ2v) is 4.96. The van der Waals surface area contributed by atoms with E-state index in [0.717, 1.165) is 24.1 Å². The van der Waals surface area contributed by atoms with Crippen LogP contribution in [-0.2, 0) is 17.7 Å². The SMILES string of the molecule is CCCn1c(C(=O)O)ccc1-c1ccccc1CCOC. The number of methoxy groups -OCH3 is 1. The molecule has 0 unspecified atom stereocenters. The lowest BCUT2D eigenvalue weighted by Crippen LogP contribution is -2.10. The maximum absolute atomic E-state index is 11.4. The van der Waals surface area contributed by atoms with Crippen molar-refractivity contribution in [3.63, 3.8) is 0 Å². The summed E-state index contributed by atoms with van der Waals surface area (Å²) in [5, 5.41) is 9.32. The van der Waals surface area contributed by atoms with E-state index in [1.165, 1.54) is 5.56 Å². The van der Waals surface area contributed by atoms with Crippen LogP contribution >= 0.6 is 0 Å². The third-order valence-corrected chi connectivity index (χ3v) is 3.52. The summed E-state index contributed by atoms with van der Waals surface area (Å²) < 4.78 is 7.04. The van der Waals surface area contributed by atoms with E-state index in [-0.39, 0.29) is 0 Å². The van der Waals surface area contributed by atoms with Crippen LogP contribution in [0.2, 0.25) is 0 Å². The first kappa shape index (κ1) is 15.3. The van der Waals surface area contributed by atoms with Crippen molar-refractivity contribution in [3.05, 3.63) is 47.7 Å². The first-order valence-corrected chi connectivity index (χ1v) is 7.19. The van der Waals surface area contributed by atoms with Gasteiger partial charge in [0.2, 0.25) is 0 Å². The molecule has 4 heteroatoms. The average Bonchev–Trinajstić information content (AvgIpc) is 2.89. The first-order valence-electron chi connectivity index (χ1n) is 7.19. The first-order chi connectivity index (χ1) is 10.2. The van der Waals surface area contributed by atoms with Crippen LogP contribution < -0.4 is 0 Å². The summed E-state index contributed by atoms with van der Waals surface area (Å²) in [5.74, 6) is -0.885. The van der Waals surface area contributed by atoms with Gasteiger partial charge in [-0.15, -0.1) is 0 Å². The Hall–Kier alpha value is -2.07. The molecule has 0 fully saturated rings. The number of aromatic nitrogens is 1. The van der Waals surface area contributed by atoms with Gasteiger partial charge >= 0.3 is 5.97 Å². The molecule has 0 aliphatic heterocycles. The van der Waals surface area contributed by atoms with Gasteiger partial charge in [-0.3, -0.25) is 0 Å². The zero-order chi connectivity index (χ0) is 15.2. The van der Waals surface area contributed by atoms with Crippen LogP contribution in [0.5, 0.6) is 0 Å². The van der Waals surface area contributed by atoms with Crippen molar-refractivity contribution in [1.29, 1.82) is 0 Å². The van der Waals surface area contributed by atoms with E-state index in [2.05, 4.69) is 6.07 Å². The summed E-state index contributed by atoms with van der Waals surface area (Å²) in [6, 6.07) is 11.7. The predicted octanol–water partition coefficient (Wildman–Crippen LogP) is 3.45. The summed E-state index contributed by atoms with van der Waals surface area (Å²) in [4.78, 5) is 11.4. The Bertz CT molecular complexity index is 616. The van der Waals surface area contributed by atoms with E-state index < -0.39 is 5.97 Å². The monoisotopic (exact) mass is 287 g/mol. The van der Waals surface area contributed by atoms with E-state index in [9.17, 15) is 9.90 Å². The molecule has 0 saturated heterocycles. The number of rotatable bonds is 7. The van der Waals surface area contributed by atoms with Gasteiger partial charge in [-0.05, 0) is 30.5 Å². The smallest absolute Gasteiger partial charge is 0.352 e. The number of hydrogen-bond acceptors (Lipinski definition) is 2. The highest BCUT2D eigenvalue weighted by molar-refractivity contribution is 5.87. The van der Waals surface area contributed by atoms with Gasteiger partial charge in [-0.25, -0.2) is 4.79 Å². The number of carboxylic acid groups (broad SMARTS) is 1. The fourth-order valence-corrected chi connectivity index (χ4v) is 2.55. The maximum Gasteiger partial charge on any atom is 0.352 e. The van der Waals surface area contributed by atoms with Crippen molar-refractivity contribution in [2.75, 3.05) is 13.7 Å². The molecule has 0 atom stereocenters. The molecule has 112 valence electrons. The molecule has 1 aromatic heterocycles. The van der Waals surface area contributed by atoms with E-state index in [0.29, 0.717) is 18.8 Å². The molecule has 4 nitrogen and oxygen atoms in total.